The first-order valence-electron chi connectivity index (χ1n) is 7.73. The maximum absolute atomic E-state index is 12.4. The van der Waals surface area contributed by atoms with Gasteiger partial charge in [0.15, 0.2) is 10.9 Å². The fourth-order valence-corrected chi connectivity index (χ4v) is 3.39. The molecule has 6 nitrogen and oxygen atoms in total. The molecule has 0 aromatic carbocycles. The van der Waals surface area contributed by atoms with Crippen LogP contribution < -0.4 is 11.1 Å². The van der Waals surface area contributed by atoms with Crippen LogP contribution in [0.1, 0.15) is 36.1 Å². The number of rotatable bonds is 7. The highest BCUT2D eigenvalue weighted by molar-refractivity contribution is 7.98. The average molecular weight is 407 g/mol. The van der Waals surface area contributed by atoms with E-state index in [2.05, 4.69) is 10.3 Å². The zero-order valence-corrected chi connectivity index (χ0v) is 16.7. The first-order valence-corrected chi connectivity index (χ1v) is 8.72. The Kier molecular flexibility index (Phi) is 7.87. The Balaban J connectivity index is 0.00000156. The van der Waals surface area contributed by atoms with Gasteiger partial charge in [-0.2, -0.15) is 0 Å². The summed E-state index contributed by atoms with van der Waals surface area (Å²) in [6.07, 6.45) is 5.90. The molecule has 9 heteroatoms. The number of thioether (sulfide) groups is 1. The van der Waals surface area contributed by atoms with Crippen LogP contribution in [-0.2, 0) is 12.8 Å². The van der Waals surface area contributed by atoms with E-state index in [4.69, 9.17) is 10.2 Å². The quantitative estimate of drug-likeness (QED) is 0.690. The van der Waals surface area contributed by atoms with Crippen LogP contribution in [0.4, 0.5) is 0 Å². The van der Waals surface area contributed by atoms with Crippen molar-refractivity contribution in [2.75, 3.05) is 6.54 Å². The fraction of sp³-hybridized carbons (Fsp3) is 0.500. The van der Waals surface area contributed by atoms with Crippen molar-refractivity contribution in [2.45, 2.75) is 36.2 Å². The van der Waals surface area contributed by atoms with Crippen LogP contribution in [0.2, 0.25) is 0 Å². The number of furan rings is 1. The molecule has 1 aliphatic carbocycles. The average Bonchev–Trinajstić information content (AvgIpc) is 3.16. The van der Waals surface area contributed by atoms with E-state index >= 15 is 0 Å². The molecule has 140 valence electrons. The Labute approximate surface area is 164 Å². The summed E-state index contributed by atoms with van der Waals surface area (Å²) in [7, 11) is 1.95. The predicted molar refractivity (Wildman–Crippen MR) is 104 cm³/mol. The van der Waals surface area contributed by atoms with E-state index in [0.29, 0.717) is 24.0 Å². The van der Waals surface area contributed by atoms with E-state index in [1.165, 1.54) is 0 Å². The van der Waals surface area contributed by atoms with Crippen molar-refractivity contribution in [3.8, 4) is 0 Å². The Hall–Kier alpha value is -1.15. The third-order valence-corrected chi connectivity index (χ3v) is 5.39. The molecule has 0 spiro atoms. The maximum Gasteiger partial charge on any atom is 0.287 e. The summed E-state index contributed by atoms with van der Waals surface area (Å²) in [5, 5.41) is 3.95. The molecule has 3 N–H and O–H groups in total. The summed E-state index contributed by atoms with van der Waals surface area (Å²) < 4.78 is 7.61. The van der Waals surface area contributed by atoms with Crippen molar-refractivity contribution in [2.24, 2.45) is 18.7 Å². The van der Waals surface area contributed by atoms with Crippen LogP contribution in [0.15, 0.2) is 34.1 Å². The summed E-state index contributed by atoms with van der Waals surface area (Å²) in [5.41, 5.74) is 5.50. The molecule has 1 fully saturated rings. The second kappa shape index (κ2) is 8.98. The number of amides is 1. The molecule has 25 heavy (non-hydrogen) atoms. The molecule has 0 saturated heterocycles. The number of aryl methyl sites for hydroxylation is 1. The fourth-order valence-electron chi connectivity index (χ4n) is 2.57. The predicted octanol–water partition coefficient (Wildman–Crippen LogP) is 3.01. The van der Waals surface area contributed by atoms with Gasteiger partial charge in [-0.05, 0) is 37.8 Å². The van der Waals surface area contributed by atoms with Gasteiger partial charge in [-0.15, -0.1) is 24.8 Å². The lowest BCUT2D eigenvalue weighted by atomic mass is 9.96. The molecule has 2 aromatic heterocycles. The van der Waals surface area contributed by atoms with Gasteiger partial charge in [0.05, 0.1) is 11.3 Å². The molecule has 1 atom stereocenters. The van der Waals surface area contributed by atoms with Crippen molar-refractivity contribution >= 4 is 42.5 Å². The SMILES string of the molecule is Cl.Cl.Cn1ccnc1SCc1ccc(C(=O)NC(C)(CN)C2CC2)o1. The Morgan fingerprint density at radius 1 is 1.48 bits per heavy atom. The Morgan fingerprint density at radius 3 is 2.76 bits per heavy atom. The van der Waals surface area contributed by atoms with Gasteiger partial charge in [0, 0.05) is 26.0 Å². The minimum Gasteiger partial charge on any atom is -0.455 e. The molecule has 1 saturated carbocycles. The highest BCUT2D eigenvalue weighted by atomic mass is 35.5. The van der Waals surface area contributed by atoms with E-state index in [9.17, 15) is 4.79 Å². The lowest BCUT2D eigenvalue weighted by Gasteiger charge is -2.28. The van der Waals surface area contributed by atoms with Gasteiger partial charge in [-0.3, -0.25) is 4.79 Å². The summed E-state index contributed by atoms with van der Waals surface area (Å²) in [4.78, 5) is 16.6. The van der Waals surface area contributed by atoms with Crippen LogP contribution >= 0.6 is 36.6 Å². The number of imidazole rings is 1. The number of halogens is 2. The van der Waals surface area contributed by atoms with E-state index in [1.54, 1.807) is 24.0 Å². The van der Waals surface area contributed by atoms with Gasteiger partial charge in [-0.1, -0.05) is 11.8 Å². The largest absolute Gasteiger partial charge is 0.455 e. The maximum atomic E-state index is 12.4. The van der Waals surface area contributed by atoms with Crippen LogP contribution in [0.25, 0.3) is 0 Å². The molecule has 1 amide bonds. The molecule has 0 bridgehead atoms. The highest BCUT2D eigenvalue weighted by Crippen LogP contribution is 2.39. The molecule has 0 aliphatic heterocycles. The Bertz CT molecular complexity index is 702. The third-order valence-electron chi connectivity index (χ3n) is 4.31. The first kappa shape index (κ1) is 21.9. The van der Waals surface area contributed by atoms with Crippen molar-refractivity contribution in [3.05, 3.63) is 36.0 Å². The van der Waals surface area contributed by atoms with E-state index < -0.39 is 0 Å². The van der Waals surface area contributed by atoms with E-state index in [1.807, 2.05) is 30.8 Å². The number of carbonyl (C=O) groups is 1. The number of nitrogens with zero attached hydrogens (tertiary/aromatic N) is 2. The molecule has 2 heterocycles. The van der Waals surface area contributed by atoms with Gasteiger partial charge in [0.25, 0.3) is 5.91 Å². The topological polar surface area (TPSA) is 86.1 Å². The highest BCUT2D eigenvalue weighted by Gasteiger charge is 2.42. The van der Waals surface area contributed by atoms with Gasteiger partial charge in [-0.25, -0.2) is 4.98 Å². The lowest BCUT2D eigenvalue weighted by Crippen LogP contribution is -2.53. The van der Waals surface area contributed by atoms with Gasteiger partial charge >= 0.3 is 0 Å². The zero-order chi connectivity index (χ0) is 16.4. The van der Waals surface area contributed by atoms with Crippen LogP contribution in [-0.4, -0.2) is 27.5 Å². The summed E-state index contributed by atoms with van der Waals surface area (Å²) >= 11 is 1.57. The number of hydrogen-bond donors (Lipinski definition) is 2. The second-order valence-corrected chi connectivity index (χ2v) is 7.17. The molecular formula is C16H24Cl2N4O2S. The molecule has 3 rings (SSSR count). The van der Waals surface area contributed by atoms with Crippen LogP contribution in [0.5, 0.6) is 0 Å². The second-order valence-electron chi connectivity index (χ2n) is 6.23. The summed E-state index contributed by atoms with van der Waals surface area (Å²) in [5.74, 6) is 2.00. The number of nitrogens with two attached hydrogens (primary N) is 1. The van der Waals surface area contributed by atoms with Crippen LogP contribution in [0.3, 0.4) is 0 Å². The standard InChI is InChI=1S/C16H22N4O2S.2ClH/c1-16(10-17,11-3-4-11)19-14(21)13-6-5-12(22-13)9-23-15-18-7-8-20(15)2;;/h5-8,11H,3-4,9-10,17H2,1-2H3,(H,19,21);2*1H. The molecule has 1 unspecified atom stereocenters. The lowest BCUT2D eigenvalue weighted by molar-refractivity contribution is 0.0867. The van der Waals surface area contributed by atoms with Crippen molar-refractivity contribution in [1.29, 1.82) is 0 Å². The van der Waals surface area contributed by atoms with E-state index in [0.717, 1.165) is 23.8 Å². The van der Waals surface area contributed by atoms with Crippen molar-refractivity contribution in [3.63, 3.8) is 0 Å². The summed E-state index contributed by atoms with van der Waals surface area (Å²) in [6.45, 7) is 2.44. The van der Waals surface area contributed by atoms with E-state index in [-0.39, 0.29) is 36.3 Å². The minimum atomic E-state index is -0.342. The normalized spacial score (nSPS) is 15.6. The number of hydrogen-bond acceptors (Lipinski definition) is 5. The monoisotopic (exact) mass is 406 g/mol. The third kappa shape index (κ3) is 5.17. The van der Waals surface area contributed by atoms with Gasteiger partial charge in [0.2, 0.25) is 0 Å². The minimum absolute atomic E-state index is 0. The Morgan fingerprint density at radius 2 is 2.20 bits per heavy atom. The molecular weight excluding hydrogens is 383 g/mol. The molecule has 2 aromatic rings. The molecule has 1 aliphatic rings. The van der Waals surface area contributed by atoms with Crippen molar-refractivity contribution in [1.82, 2.24) is 14.9 Å². The zero-order valence-electron chi connectivity index (χ0n) is 14.2. The first-order chi connectivity index (χ1) is 11.0. The number of carbonyl (C=O) groups excluding carboxylic acids is 1. The number of nitrogens with one attached hydrogen (secondary N) is 1. The van der Waals surface area contributed by atoms with Gasteiger partial charge in [0.1, 0.15) is 5.76 Å². The number of aromatic nitrogens is 2. The van der Waals surface area contributed by atoms with Crippen molar-refractivity contribution < 1.29 is 9.21 Å². The van der Waals surface area contributed by atoms with Crippen LogP contribution in [0, 0.1) is 5.92 Å². The summed E-state index contributed by atoms with van der Waals surface area (Å²) in [6, 6.07) is 3.55. The van der Waals surface area contributed by atoms with Gasteiger partial charge < -0.3 is 20.0 Å². The smallest absolute Gasteiger partial charge is 0.287 e. The molecule has 0 radical (unpaired) electrons.